The van der Waals surface area contributed by atoms with Gasteiger partial charge in [-0.1, -0.05) is 11.2 Å². The van der Waals surface area contributed by atoms with Crippen molar-refractivity contribution in [3.8, 4) is 0 Å². The normalized spacial score (nSPS) is 17.2. The Morgan fingerprint density at radius 1 is 1.05 bits per heavy atom. The van der Waals surface area contributed by atoms with Crippen molar-refractivity contribution in [1.82, 2.24) is 19.3 Å². The van der Waals surface area contributed by atoms with Gasteiger partial charge in [-0.05, 0) is 49.7 Å². The molecule has 6 rings (SSSR count). The molecule has 0 bridgehead atoms. The van der Waals surface area contributed by atoms with E-state index in [1.54, 1.807) is 0 Å². The minimum absolute atomic E-state index is 0.356. The number of nitrogens with zero attached hydrogens (tertiary/aromatic N) is 6. The van der Waals surface area contributed by atoms with Crippen molar-refractivity contribution in [1.29, 1.82) is 0 Å². The Labute approximate surface area is 214 Å². The highest BCUT2D eigenvalue weighted by atomic mass is 19.2. The van der Waals surface area contributed by atoms with Gasteiger partial charge in [0.15, 0.2) is 11.6 Å². The summed E-state index contributed by atoms with van der Waals surface area (Å²) in [5, 5.41) is 4.10. The number of likely N-dealkylation sites (tertiary alicyclic amines) is 1. The lowest BCUT2D eigenvalue weighted by atomic mass is 9.72. The highest BCUT2D eigenvalue weighted by Gasteiger charge is 2.51. The summed E-state index contributed by atoms with van der Waals surface area (Å²) in [6.07, 6.45) is 5.93. The molecule has 9 heteroatoms. The van der Waals surface area contributed by atoms with Gasteiger partial charge in [0.1, 0.15) is 18.0 Å². The first-order valence-corrected chi connectivity index (χ1v) is 12.4. The molecule has 1 spiro atoms. The van der Waals surface area contributed by atoms with Crippen LogP contribution in [0.1, 0.15) is 29.4 Å². The molecule has 7 nitrogen and oxygen atoms in total. The monoisotopic (exact) mass is 502 g/mol. The summed E-state index contributed by atoms with van der Waals surface area (Å²) in [6.45, 7) is 9.22. The second-order valence-electron chi connectivity index (χ2n) is 10.1. The van der Waals surface area contributed by atoms with Gasteiger partial charge in [-0.3, -0.25) is 9.88 Å². The topological polar surface area (TPSA) is 58.3 Å². The van der Waals surface area contributed by atoms with Crippen LogP contribution >= 0.6 is 0 Å². The van der Waals surface area contributed by atoms with Gasteiger partial charge in [0.2, 0.25) is 0 Å². The molecule has 190 valence electrons. The molecule has 2 aliphatic heterocycles. The summed E-state index contributed by atoms with van der Waals surface area (Å²) >= 11 is 0. The van der Waals surface area contributed by atoms with E-state index in [0.717, 1.165) is 61.8 Å². The van der Waals surface area contributed by atoms with Gasteiger partial charge in [0.25, 0.3) is 0 Å². The van der Waals surface area contributed by atoms with Crippen molar-refractivity contribution in [3.05, 3.63) is 95.2 Å². The van der Waals surface area contributed by atoms with Crippen molar-refractivity contribution >= 4 is 17.0 Å². The highest BCUT2D eigenvalue weighted by molar-refractivity contribution is 6.11. The summed E-state index contributed by atoms with van der Waals surface area (Å²) in [4.78, 5) is 19.2. The van der Waals surface area contributed by atoms with Crippen LogP contribution in [0.4, 0.5) is 14.5 Å². The molecule has 0 N–H and O–H groups in total. The summed E-state index contributed by atoms with van der Waals surface area (Å²) in [5.41, 5.74) is 6.01. The summed E-state index contributed by atoms with van der Waals surface area (Å²) < 4.78 is 29.3. The summed E-state index contributed by atoms with van der Waals surface area (Å²) in [5.74, 6) is -1.84. The molecule has 2 aliphatic rings. The van der Waals surface area contributed by atoms with Gasteiger partial charge in [-0.25, -0.2) is 13.8 Å². The molecule has 0 radical (unpaired) electrons. The number of anilines is 1. The van der Waals surface area contributed by atoms with Crippen LogP contribution in [0.15, 0.2) is 66.2 Å². The van der Waals surface area contributed by atoms with Gasteiger partial charge < -0.3 is 14.1 Å². The van der Waals surface area contributed by atoms with Crippen molar-refractivity contribution in [2.75, 3.05) is 37.7 Å². The van der Waals surface area contributed by atoms with E-state index >= 15 is 0 Å². The van der Waals surface area contributed by atoms with Crippen molar-refractivity contribution in [2.45, 2.75) is 20.4 Å². The smallest absolute Gasteiger partial charge is 0.159 e. The summed E-state index contributed by atoms with van der Waals surface area (Å²) in [7, 11) is 0. The summed E-state index contributed by atoms with van der Waals surface area (Å²) in [6, 6.07) is 11.8. The highest BCUT2D eigenvalue weighted by Crippen LogP contribution is 2.42. The molecule has 1 aromatic carbocycles. The van der Waals surface area contributed by atoms with Crippen LogP contribution in [-0.2, 0) is 11.4 Å². The molecule has 0 atom stereocenters. The van der Waals surface area contributed by atoms with Crippen LogP contribution in [0.3, 0.4) is 0 Å². The lowest BCUT2D eigenvalue weighted by Crippen LogP contribution is -2.71. The SMILES string of the molecule is CCON=C(c1ccc(F)c(F)c1)c1ccc(CN2CC3(C2)CN(c2ccn4cc(C)nc4c2)C3)cn1. The molecule has 2 fully saturated rings. The quantitative estimate of drug-likeness (QED) is 0.277. The Morgan fingerprint density at radius 3 is 2.62 bits per heavy atom. The second kappa shape index (κ2) is 9.23. The first-order chi connectivity index (χ1) is 17.9. The van der Waals surface area contributed by atoms with E-state index in [2.05, 4.69) is 47.7 Å². The Bertz CT molecular complexity index is 1470. The van der Waals surface area contributed by atoms with E-state index in [-0.39, 0.29) is 0 Å². The molecule has 0 amide bonds. The predicted octanol–water partition coefficient (Wildman–Crippen LogP) is 4.43. The molecular weight excluding hydrogens is 474 g/mol. The maximum atomic E-state index is 13.8. The molecule has 4 aromatic rings. The number of fused-ring (bicyclic) bond motifs is 1. The van der Waals surface area contributed by atoms with Gasteiger partial charge in [0.05, 0.1) is 11.4 Å². The van der Waals surface area contributed by atoms with Crippen LogP contribution in [0, 0.1) is 24.0 Å². The Balaban J connectivity index is 1.07. The van der Waals surface area contributed by atoms with E-state index in [1.165, 1.54) is 11.8 Å². The van der Waals surface area contributed by atoms with Crippen LogP contribution in [-0.4, -0.2) is 57.8 Å². The first-order valence-electron chi connectivity index (χ1n) is 12.4. The van der Waals surface area contributed by atoms with Gasteiger partial charge in [0, 0.05) is 74.0 Å². The number of pyridine rings is 2. The molecule has 0 saturated carbocycles. The molecule has 2 saturated heterocycles. The fourth-order valence-electron chi connectivity index (χ4n) is 5.39. The zero-order valence-electron chi connectivity index (χ0n) is 20.9. The van der Waals surface area contributed by atoms with E-state index in [1.807, 2.05) is 38.4 Å². The number of halogens is 2. The third-order valence-corrected chi connectivity index (χ3v) is 7.05. The van der Waals surface area contributed by atoms with Gasteiger partial charge >= 0.3 is 0 Å². The fourth-order valence-corrected chi connectivity index (χ4v) is 5.39. The maximum absolute atomic E-state index is 13.8. The Kier molecular flexibility index (Phi) is 5.87. The number of rotatable bonds is 7. The third kappa shape index (κ3) is 4.55. The zero-order chi connectivity index (χ0) is 25.6. The third-order valence-electron chi connectivity index (χ3n) is 7.05. The van der Waals surface area contributed by atoms with Crippen molar-refractivity contribution in [3.63, 3.8) is 0 Å². The number of hydrogen-bond acceptors (Lipinski definition) is 6. The van der Waals surface area contributed by atoms with Crippen LogP contribution in [0.25, 0.3) is 5.65 Å². The average molecular weight is 503 g/mol. The van der Waals surface area contributed by atoms with E-state index in [0.29, 0.717) is 29.0 Å². The zero-order valence-corrected chi connectivity index (χ0v) is 20.9. The standard InChI is InChI=1S/C28H28F2N6O/c1-3-37-33-27(21-5-6-23(29)24(30)10-21)25-7-4-20(12-31-25)14-34-15-28(16-34)17-36(18-28)22-8-9-35-13-19(2)32-26(35)11-22/h4-13H,3,14-18H2,1-2H3. The lowest BCUT2D eigenvalue weighted by Gasteiger charge is -2.61. The molecular formula is C28H28F2N6O. The van der Waals surface area contributed by atoms with E-state index in [9.17, 15) is 8.78 Å². The molecule has 5 heterocycles. The number of oxime groups is 1. The molecule has 0 aliphatic carbocycles. The number of hydrogen-bond donors (Lipinski definition) is 0. The largest absolute Gasteiger partial charge is 0.396 e. The predicted molar refractivity (Wildman–Crippen MR) is 138 cm³/mol. The number of aromatic nitrogens is 3. The lowest BCUT2D eigenvalue weighted by molar-refractivity contribution is -0.0273. The van der Waals surface area contributed by atoms with E-state index in [4.69, 9.17) is 4.84 Å². The molecule has 37 heavy (non-hydrogen) atoms. The number of aryl methyl sites for hydroxylation is 1. The Morgan fingerprint density at radius 2 is 1.89 bits per heavy atom. The van der Waals surface area contributed by atoms with Crippen LogP contribution in [0.2, 0.25) is 0 Å². The van der Waals surface area contributed by atoms with Crippen LogP contribution in [0.5, 0.6) is 0 Å². The van der Waals surface area contributed by atoms with E-state index < -0.39 is 11.6 Å². The minimum atomic E-state index is -0.934. The van der Waals surface area contributed by atoms with Crippen LogP contribution < -0.4 is 4.90 Å². The molecule has 3 aromatic heterocycles. The van der Waals surface area contributed by atoms with Crippen molar-refractivity contribution in [2.24, 2.45) is 10.6 Å². The van der Waals surface area contributed by atoms with Gasteiger partial charge in [-0.15, -0.1) is 0 Å². The minimum Gasteiger partial charge on any atom is -0.396 e. The Hall–Kier alpha value is -3.85. The molecule has 0 unspecified atom stereocenters. The first kappa shape index (κ1) is 23.5. The van der Waals surface area contributed by atoms with Crippen molar-refractivity contribution < 1.29 is 13.6 Å². The average Bonchev–Trinajstić information content (AvgIpc) is 3.22. The fraction of sp³-hybridized carbons (Fsp3) is 0.321. The maximum Gasteiger partial charge on any atom is 0.159 e. The second-order valence-corrected chi connectivity index (χ2v) is 10.1. The number of benzene rings is 1. The number of imidazole rings is 1. The van der Waals surface area contributed by atoms with Gasteiger partial charge in [-0.2, -0.15) is 0 Å².